The molecule has 0 aliphatic carbocycles. The Bertz CT molecular complexity index is 322. The highest BCUT2D eigenvalue weighted by atomic mass is 16.5. The van der Waals surface area contributed by atoms with Crippen molar-refractivity contribution in [3.05, 3.63) is 0 Å². The Hall–Kier alpha value is -0.120. The quantitative estimate of drug-likeness (QED) is 0.744. The summed E-state index contributed by atoms with van der Waals surface area (Å²) in [5.74, 6) is 0. The normalized spacial score (nSPS) is 48.8. The summed E-state index contributed by atoms with van der Waals surface area (Å²) in [6, 6.07) is 2.38. The van der Waals surface area contributed by atoms with E-state index in [0.29, 0.717) is 12.2 Å². The third-order valence-electron chi connectivity index (χ3n) is 5.81. The molecule has 0 aromatic carbocycles. The highest BCUT2D eigenvalue weighted by Crippen LogP contribution is 2.40. The van der Waals surface area contributed by atoms with E-state index in [2.05, 4.69) is 16.7 Å². The Morgan fingerprint density at radius 3 is 2.83 bits per heavy atom. The van der Waals surface area contributed by atoms with Crippen molar-refractivity contribution in [1.82, 2.24) is 9.80 Å². The Kier molecular flexibility index (Phi) is 2.90. The molecule has 0 radical (unpaired) electrons. The van der Waals surface area contributed by atoms with Crippen LogP contribution in [0.1, 0.15) is 45.4 Å². The summed E-state index contributed by atoms with van der Waals surface area (Å²) in [6.45, 7) is 6.34. The molecule has 0 N–H and O–H groups in total. The van der Waals surface area contributed by atoms with Crippen molar-refractivity contribution in [2.24, 2.45) is 0 Å². The Labute approximate surface area is 110 Å². The van der Waals surface area contributed by atoms with E-state index in [1.807, 2.05) is 0 Å². The van der Waals surface area contributed by atoms with Crippen molar-refractivity contribution in [1.29, 1.82) is 0 Å². The largest absolute Gasteiger partial charge is 0.373 e. The van der Waals surface area contributed by atoms with Gasteiger partial charge in [0.1, 0.15) is 0 Å². The lowest BCUT2D eigenvalue weighted by molar-refractivity contribution is -0.00686. The molecular formula is C15H26N2O. The average Bonchev–Trinajstić information content (AvgIpc) is 3.12. The van der Waals surface area contributed by atoms with Crippen LogP contribution < -0.4 is 0 Å². The van der Waals surface area contributed by atoms with Gasteiger partial charge in [0, 0.05) is 31.2 Å². The van der Waals surface area contributed by atoms with Crippen LogP contribution >= 0.6 is 0 Å². The van der Waals surface area contributed by atoms with Gasteiger partial charge in [0.25, 0.3) is 0 Å². The van der Waals surface area contributed by atoms with E-state index in [1.165, 1.54) is 58.2 Å². The van der Waals surface area contributed by atoms with E-state index in [4.69, 9.17) is 4.74 Å². The predicted molar refractivity (Wildman–Crippen MR) is 71.7 cm³/mol. The average molecular weight is 250 g/mol. The smallest absolute Gasteiger partial charge is 0.0736 e. The van der Waals surface area contributed by atoms with Crippen molar-refractivity contribution in [2.75, 3.05) is 19.6 Å². The SMILES string of the molecule is CCC1CN2CCCC2CN1C1CC2CCC1O2. The molecule has 5 atom stereocenters. The summed E-state index contributed by atoms with van der Waals surface area (Å²) >= 11 is 0. The van der Waals surface area contributed by atoms with Crippen LogP contribution in [0.2, 0.25) is 0 Å². The van der Waals surface area contributed by atoms with Crippen molar-refractivity contribution < 1.29 is 4.74 Å². The summed E-state index contributed by atoms with van der Waals surface area (Å²) in [4.78, 5) is 5.59. The fourth-order valence-electron chi connectivity index (χ4n) is 4.84. The highest BCUT2D eigenvalue weighted by molar-refractivity contribution is 5.01. The fourth-order valence-corrected chi connectivity index (χ4v) is 4.84. The van der Waals surface area contributed by atoms with E-state index in [1.54, 1.807) is 0 Å². The minimum Gasteiger partial charge on any atom is -0.373 e. The number of ether oxygens (including phenoxy) is 1. The molecule has 4 aliphatic heterocycles. The van der Waals surface area contributed by atoms with Crippen molar-refractivity contribution in [3.63, 3.8) is 0 Å². The molecule has 4 aliphatic rings. The van der Waals surface area contributed by atoms with Crippen LogP contribution in [0, 0.1) is 0 Å². The number of fused-ring (bicyclic) bond motifs is 3. The second-order valence-corrected chi connectivity index (χ2v) is 6.73. The molecule has 0 spiro atoms. The van der Waals surface area contributed by atoms with Crippen LogP contribution in [0.25, 0.3) is 0 Å². The minimum absolute atomic E-state index is 0.567. The van der Waals surface area contributed by atoms with Crippen molar-refractivity contribution >= 4 is 0 Å². The number of rotatable bonds is 2. The molecule has 0 aromatic heterocycles. The van der Waals surface area contributed by atoms with Crippen LogP contribution in [0.5, 0.6) is 0 Å². The summed E-state index contributed by atoms with van der Waals surface area (Å²) in [6.07, 6.45) is 9.26. The highest BCUT2D eigenvalue weighted by Gasteiger charge is 2.47. The molecule has 4 rings (SSSR count). The fraction of sp³-hybridized carbons (Fsp3) is 1.00. The van der Waals surface area contributed by atoms with Gasteiger partial charge in [0.05, 0.1) is 12.2 Å². The molecule has 2 bridgehead atoms. The number of nitrogens with zero attached hydrogens (tertiary/aromatic N) is 2. The van der Waals surface area contributed by atoms with Crippen LogP contribution in [0.3, 0.4) is 0 Å². The summed E-state index contributed by atoms with van der Waals surface area (Å²) in [7, 11) is 0. The molecule has 0 saturated carbocycles. The van der Waals surface area contributed by atoms with Gasteiger partial charge in [-0.2, -0.15) is 0 Å². The minimum atomic E-state index is 0.567. The molecule has 4 fully saturated rings. The third-order valence-corrected chi connectivity index (χ3v) is 5.81. The van der Waals surface area contributed by atoms with Crippen LogP contribution in [-0.2, 0) is 4.74 Å². The van der Waals surface area contributed by atoms with Gasteiger partial charge in [-0.05, 0) is 45.1 Å². The number of piperazine rings is 1. The Morgan fingerprint density at radius 2 is 2.11 bits per heavy atom. The summed E-state index contributed by atoms with van der Waals surface area (Å²) < 4.78 is 6.09. The Balaban J connectivity index is 1.51. The van der Waals surface area contributed by atoms with Gasteiger partial charge in [-0.15, -0.1) is 0 Å². The predicted octanol–water partition coefficient (Wildman–Crippen LogP) is 1.86. The molecule has 3 nitrogen and oxygen atoms in total. The molecule has 102 valence electrons. The zero-order valence-electron chi connectivity index (χ0n) is 11.6. The maximum Gasteiger partial charge on any atom is 0.0736 e. The molecule has 0 amide bonds. The zero-order chi connectivity index (χ0) is 12.1. The van der Waals surface area contributed by atoms with Crippen LogP contribution in [0.4, 0.5) is 0 Å². The van der Waals surface area contributed by atoms with Gasteiger partial charge in [-0.3, -0.25) is 9.80 Å². The van der Waals surface area contributed by atoms with E-state index in [-0.39, 0.29) is 0 Å². The van der Waals surface area contributed by atoms with E-state index in [0.717, 1.165) is 18.1 Å². The zero-order valence-corrected chi connectivity index (χ0v) is 11.6. The second-order valence-electron chi connectivity index (χ2n) is 6.73. The summed E-state index contributed by atoms with van der Waals surface area (Å²) in [5.41, 5.74) is 0. The monoisotopic (exact) mass is 250 g/mol. The topological polar surface area (TPSA) is 15.7 Å². The van der Waals surface area contributed by atoms with Gasteiger partial charge >= 0.3 is 0 Å². The molecule has 0 aromatic rings. The second kappa shape index (κ2) is 4.46. The van der Waals surface area contributed by atoms with E-state index in [9.17, 15) is 0 Å². The lowest BCUT2D eigenvalue weighted by Gasteiger charge is -2.47. The first-order chi connectivity index (χ1) is 8.85. The van der Waals surface area contributed by atoms with E-state index < -0.39 is 0 Å². The lowest BCUT2D eigenvalue weighted by Crippen LogP contribution is -2.60. The standard InChI is InChI=1S/C15H26N2O/c1-2-11-9-16-7-3-4-12(16)10-17(11)14-8-13-5-6-15(14)18-13/h11-15H,2-10H2,1H3. The number of hydrogen-bond acceptors (Lipinski definition) is 3. The van der Waals surface area contributed by atoms with Crippen molar-refractivity contribution in [2.45, 2.75) is 75.8 Å². The van der Waals surface area contributed by atoms with Gasteiger partial charge in [-0.1, -0.05) is 6.92 Å². The lowest BCUT2D eigenvalue weighted by atomic mass is 9.91. The number of hydrogen-bond donors (Lipinski definition) is 0. The first-order valence-electron chi connectivity index (χ1n) is 8.00. The van der Waals surface area contributed by atoms with Gasteiger partial charge in [0.2, 0.25) is 0 Å². The maximum atomic E-state index is 6.09. The molecule has 18 heavy (non-hydrogen) atoms. The van der Waals surface area contributed by atoms with Gasteiger partial charge in [-0.25, -0.2) is 0 Å². The van der Waals surface area contributed by atoms with Gasteiger partial charge < -0.3 is 4.74 Å². The van der Waals surface area contributed by atoms with Crippen molar-refractivity contribution in [3.8, 4) is 0 Å². The molecule has 5 unspecified atom stereocenters. The van der Waals surface area contributed by atoms with Gasteiger partial charge in [0.15, 0.2) is 0 Å². The molecule has 4 heterocycles. The van der Waals surface area contributed by atoms with Crippen LogP contribution in [0.15, 0.2) is 0 Å². The molecular weight excluding hydrogens is 224 g/mol. The maximum absolute atomic E-state index is 6.09. The van der Waals surface area contributed by atoms with Crippen LogP contribution in [-0.4, -0.2) is 59.8 Å². The summed E-state index contributed by atoms with van der Waals surface area (Å²) in [5, 5.41) is 0. The molecule has 4 saturated heterocycles. The Morgan fingerprint density at radius 1 is 1.17 bits per heavy atom. The third kappa shape index (κ3) is 1.75. The first kappa shape index (κ1) is 11.7. The molecule has 3 heteroatoms. The first-order valence-corrected chi connectivity index (χ1v) is 8.00. The van der Waals surface area contributed by atoms with E-state index >= 15 is 0 Å².